The number of carbonyl (C=O) groups excluding carboxylic acids is 3. The smallest absolute Gasteiger partial charge is 0.303 e. The summed E-state index contributed by atoms with van der Waals surface area (Å²) in [5.74, 6) is -0.942. The molecule has 2 heterocycles. The first-order valence-corrected chi connectivity index (χ1v) is 8.39. The van der Waals surface area contributed by atoms with Gasteiger partial charge < -0.3 is 10.2 Å². The monoisotopic (exact) mass is 360 g/mol. The molecule has 8 nitrogen and oxygen atoms in total. The van der Waals surface area contributed by atoms with Crippen molar-refractivity contribution in [3.8, 4) is 0 Å². The number of thiazole rings is 1. The van der Waals surface area contributed by atoms with Crippen molar-refractivity contribution in [2.75, 3.05) is 11.9 Å². The molecular weight excluding hydrogens is 344 g/mol. The van der Waals surface area contributed by atoms with Gasteiger partial charge in [-0.1, -0.05) is 0 Å². The Balaban J connectivity index is 1.72. The maximum Gasteiger partial charge on any atom is 0.303 e. The largest absolute Gasteiger partial charge is 0.333 e. The van der Waals surface area contributed by atoms with Gasteiger partial charge in [-0.25, -0.2) is 10.5 Å². The number of hydroxylamine groups is 1. The molecule has 130 valence electrons. The molecule has 25 heavy (non-hydrogen) atoms. The van der Waals surface area contributed by atoms with Crippen LogP contribution >= 0.6 is 11.3 Å². The molecule has 0 radical (unpaired) electrons. The highest BCUT2D eigenvalue weighted by atomic mass is 32.1. The summed E-state index contributed by atoms with van der Waals surface area (Å²) in [7, 11) is 0. The summed E-state index contributed by atoms with van der Waals surface area (Å²) in [6.45, 7) is 2.30. The van der Waals surface area contributed by atoms with E-state index in [4.69, 9.17) is 5.21 Å². The average molecular weight is 360 g/mol. The number of nitrogens with one attached hydrogen (secondary N) is 2. The molecule has 1 aliphatic heterocycles. The lowest BCUT2D eigenvalue weighted by Gasteiger charge is -2.26. The van der Waals surface area contributed by atoms with Gasteiger partial charge in [-0.2, -0.15) is 0 Å². The summed E-state index contributed by atoms with van der Waals surface area (Å²) < 4.78 is 0. The normalized spacial score (nSPS) is 13.1. The number of anilines is 1. The number of amides is 3. The number of hydrogen-bond acceptors (Lipinski definition) is 6. The molecular formula is C16H16N4O4S. The first-order chi connectivity index (χ1) is 12.0. The predicted molar refractivity (Wildman–Crippen MR) is 90.6 cm³/mol. The second-order valence-corrected chi connectivity index (χ2v) is 6.65. The van der Waals surface area contributed by atoms with Gasteiger partial charge in [0.2, 0.25) is 5.91 Å². The van der Waals surface area contributed by atoms with Gasteiger partial charge in [0.1, 0.15) is 0 Å². The van der Waals surface area contributed by atoms with Gasteiger partial charge in [0.05, 0.1) is 12.2 Å². The molecule has 0 saturated heterocycles. The van der Waals surface area contributed by atoms with Crippen LogP contribution in [0.15, 0.2) is 24.3 Å². The Morgan fingerprint density at radius 3 is 2.60 bits per heavy atom. The highest BCUT2D eigenvalue weighted by Crippen LogP contribution is 2.26. The molecule has 9 heteroatoms. The van der Waals surface area contributed by atoms with Crippen LogP contribution in [0.5, 0.6) is 0 Å². The maximum atomic E-state index is 12.6. The van der Waals surface area contributed by atoms with E-state index in [-0.39, 0.29) is 16.8 Å². The molecule has 0 spiro atoms. The zero-order chi connectivity index (χ0) is 18.0. The minimum Gasteiger partial charge on any atom is -0.333 e. The fraction of sp³-hybridized carbons (Fsp3) is 0.250. The quantitative estimate of drug-likeness (QED) is 0.566. The van der Waals surface area contributed by atoms with Crippen LogP contribution in [0.25, 0.3) is 0 Å². The third kappa shape index (κ3) is 3.67. The summed E-state index contributed by atoms with van der Waals surface area (Å²) in [5, 5.41) is 11.5. The molecule has 3 N–H and O–H groups in total. The Hall–Kier alpha value is -2.78. The Morgan fingerprint density at radius 1 is 1.24 bits per heavy atom. The predicted octanol–water partition coefficient (Wildman–Crippen LogP) is 1.42. The Kier molecular flexibility index (Phi) is 4.77. The molecule has 1 aliphatic rings. The van der Waals surface area contributed by atoms with Gasteiger partial charge >= 0.3 is 5.91 Å². The van der Waals surface area contributed by atoms with Gasteiger partial charge in [0, 0.05) is 36.0 Å². The van der Waals surface area contributed by atoms with Crippen LogP contribution in [0.4, 0.5) is 5.69 Å². The topological polar surface area (TPSA) is 112 Å². The van der Waals surface area contributed by atoms with Crippen molar-refractivity contribution in [3.05, 3.63) is 45.4 Å². The number of rotatable bonds is 3. The van der Waals surface area contributed by atoms with Crippen molar-refractivity contribution in [3.63, 3.8) is 0 Å². The van der Waals surface area contributed by atoms with Gasteiger partial charge in [-0.3, -0.25) is 19.6 Å². The van der Waals surface area contributed by atoms with E-state index >= 15 is 0 Å². The van der Waals surface area contributed by atoms with Crippen LogP contribution < -0.4 is 10.8 Å². The molecule has 0 bridgehead atoms. The molecule has 2 aromatic rings. The van der Waals surface area contributed by atoms with Crippen LogP contribution in [0.1, 0.15) is 37.7 Å². The fourth-order valence-electron chi connectivity index (χ4n) is 2.60. The van der Waals surface area contributed by atoms with Crippen molar-refractivity contribution in [2.24, 2.45) is 0 Å². The Labute approximate surface area is 147 Å². The van der Waals surface area contributed by atoms with Crippen molar-refractivity contribution < 1.29 is 19.6 Å². The van der Waals surface area contributed by atoms with E-state index in [1.54, 1.807) is 34.6 Å². The van der Waals surface area contributed by atoms with Crippen molar-refractivity contribution in [1.29, 1.82) is 0 Å². The third-order valence-corrected chi connectivity index (χ3v) is 4.85. The minimum atomic E-state index is -0.647. The second kappa shape index (κ2) is 6.99. The molecule has 3 amide bonds. The van der Waals surface area contributed by atoms with Crippen LogP contribution in [0, 0.1) is 0 Å². The summed E-state index contributed by atoms with van der Waals surface area (Å²) in [4.78, 5) is 41.9. The summed E-state index contributed by atoms with van der Waals surface area (Å²) in [5.41, 5.74) is 3.51. The highest BCUT2D eigenvalue weighted by molar-refractivity contribution is 7.13. The van der Waals surface area contributed by atoms with E-state index in [0.29, 0.717) is 30.8 Å². The van der Waals surface area contributed by atoms with Crippen LogP contribution in [-0.4, -0.2) is 39.4 Å². The zero-order valence-corrected chi connectivity index (χ0v) is 14.2. The number of fused-ring (bicyclic) bond motifs is 1. The minimum absolute atomic E-state index is 0.124. The number of nitrogens with zero attached hydrogens (tertiary/aromatic N) is 2. The molecule has 3 rings (SSSR count). The third-order valence-electron chi connectivity index (χ3n) is 3.77. The van der Waals surface area contributed by atoms with E-state index in [1.165, 1.54) is 18.3 Å². The van der Waals surface area contributed by atoms with Gasteiger partial charge in [-0.15, -0.1) is 11.3 Å². The lowest BCUT2D eigenvalue weighted by Crippen LogP contribution is -2.35. The van der Waals surface area contributed by atoms with Crippen LogP contribution in [-0.2, 0) is 17.8 Å². The van der Waals surface area contributed by atoms with Crippen molar-refractivity contribution in [1.82, 2.24) is 15.4 Å². The molecule has 0 unspecified atom stereocenters. The van der Waals surface area contributed by atoms with E-state index in [0.717, 1.165) is 10.6 Å². The van der Waals surface area contributed by atoms with E-state index in [9.17, 15) is 14.4 Å². The molecule has 0 atom stereocenters. The summed E-state index contributed by atoms with van der Waals surface area (Å²) >= 11 is 1.17. The fourth-order valence-corrected chi connectivity index (χ4v) is 3.61. The first kappa shape index (κ1) is 17.1. The lowest BCUT2D eigenvalue weighted by molar-refractivity contribution is -0.114. The van der Waals surface area contributed by atoms with Gasteiger partial charge in [-0.05, 0) is 24.3 Å². The standard InChI is InChI=1S/C16H16N4O4S/c1-9(21)17-11-4-2-10(3-5-11)16(23)20-7-6-12-13(8-20)25-15(18-12)14(22)19-24/h2-5,24H,6-8H2,1H3,(H,17,21)(H,19,22). The van der Waals surface area contributed by atoms with E-state index < -0.39 is 5.91 Å². The summed E-state index contributed by atoms with van der Waals surface area (Å²) in [6.07, 6.45) is 0.556. The molecule has 0 saturated carbocycles. The van der Waals surface area contributed by atoms with Crippen LogP contribution in [0.2, 0.25) is 0 Å². The Morgan fingerprint density at radius 2 is 1.96 bits per heavy atom. The van der Waals surface area contributed by atoms with Crippen molar-refractivity contribution in [2.45, 2.75) is 19.9 Å². The van der Waals surface area contributed by atoms with Crippen LogP contribution in [0.3, 0.4) is 0 Å². The van der Waals surface area contributed by atoms with Gasteiger partial charge in [0.25, 0.3) is 5.91 Å². The molecule has 1 aromatic heterocycles. The SMILES string of the molecule is CC(=O)Nc1ccc(C(=O)N2CCc3nc(C(=O)NO)sc3C2)cc1. The van der Waals surface area contributed by atoms with E-state index in [1.807, 2.05) is 0 Å². The molecule has 0 fully saturated rings. The van der Waals surface area contributed by atoms with Crippen molar-refractivity contribution >= 4 is 34.7 Å². The summed E-state index contributed by atoms with van der Waals surface area (Å²) in [6, 6.07) is 6.70. The average Bonchev–Trinajstić information content (AvgIpc) is 3.03. The highest BCUT2D eigenvalue weighted by Gasteiger charge is 2.26. The number of carbonyl (C=O) groups is 3. The first-order valence-electron chi connectivity index (χ1n) is 7.58. The Bertz CT molecular complexity index is 831. The van der Waals surface area contributed by atoms with Gasteiger partial charge in [0.15, 0.2) is 5.01 Å². The molecule has 1 aromatic carbocycles. The van der Waals surface area contributed by atoms with E-state index in [2.05, 4.69) is 10.3 Å². The number of hydrogen-bond donors (Lipinski definition) is 3. The molecule has 0 aliphatic carbocycles. The number of aromatic nitrogens is 1. The maximum absolute atomic E-state index is 12.6. The number of benzene rings is 1. The second-order valence-electron chi connectivity index (χ2n) is 5.57. The lowest BCUT2D eigenvalue weighted by atomic mass is 10.1. The zero-order valence-electron chi connectivity index (χ0n) is 13.4.